The fraction of sp³-hybridized carbons (Fsp3) is 0.333. The van der Waals surface area contributed by atoms with E-state index in [0.29, 0.717) is 12.1 Å². The van der Waals surface area contributed by atoms with Crippen molar-refractivity contribution in [3.8, 4) is 0 Å². The van der Waals surface area contributed by atoms with Crippen molar-refractivity contribution in [2.75, 3.05) is 6.54 Å². The Morgan fingerprint density at radius 1 is 0.958 bits per heavy atom. The van der Waals surface area contributed by atoms with Gasteiger partial charge in [0.25, 0.3) is 5.91 Å². The Balaban J connectivity index is 2.51. The lowest BCUT2D eigenvalue weighted by molar-refractivity contribution is -0.127. The summed E-state index contributed by atoms with van der Waals surface area (Å²) < 4.78 is 0. The number of rotatable bonds is 7. The molecule has 0 N–H and O–H groups in total. The third-order valence-electron chi connectivity index (χ3n) is 4.56. The molecule has 0 spiro atoms. The molecule has 0 aliphatic heterocycles. The molecule has 1 amide bonds. The summed E-state index contributed by atoms with van der Waals surface area (Å²) in [5.74, 6) is -0.139. The largest absolute Gasteiger partial charge is 0.322 e. The fourth-order valence-corrected chi connectivity index (χ4v) is 2.89. The molecule has 0 fully saturated rings. The highest BCUT2D eigenvalue weighted by atomic mass is 16.2. The molecule has 3 heteroatoms. The number of nitrogens with zero attached hydrogens (tertiary/aromatic N) is 1. The molecule has 0 aliphatic rings. The monoisotopic (exact) mass is 323 g/mol. The Labute approximate surface area is 144 Å². The molecule has 1 atom stereocenters. The lowest BCUT2D eigenvalue weighted by atomic mass is 9.85. The number of unbranched alkanes of at least 4 members (excludes halogenated alkanes) is 1. The van der Waals surface area contributed by atoms with Gasteiger partial charge in [-0.25, -0.2) is 0 Å². The second kappa shape index (κ2) is 7.91. The minimum atomic E-state index is -0.969. The first-order chi connectivity index (χ1) is 11.5. The van der Waals surface area contributed by atoms with Crippen molar-refractivity contribution < 1.29 is 9.59 Å². The molecule has 0 bridgehead atoms. The van der Waals surface area contributed by atoms with Crippen LogP contribution < -0.4 is 0 Å². The van der Waals surface area contributed by atoms with Crippen molar-refractivity contribution in [3.63, 3.8) is 0 Å². The molecule has 126 valence electrons. The van der Waals surface area contributed by atoms with Gasteiger partial charge in [0, 0.05) is 12.1 Å². The summed E-state index contributed by atoms with van der Waals surface area (Å²) in [5.41, 5.74) is 0.485. The van der Waals surface area contributed by atoms with Gasteiger partial charge in [-0.2, -0.15) is 0 Å². The Hall–Kier alpha value is -2.42. The standard InChI is InChI=1S/C21H25NO2/c1-4-5-16-22(20(24)18-12-8-6-9-13-18)21(3,17(2)23)19-14-10-7-11-15-19/h6-15H,4-5,16H2,1-3H3/t21-/m0/s1. The molecule has 0 radical (unpaired) electrons. The molecule has 2 rings (SSSR count). The highest BCUT2D eigenvalue weighted by Crippen LogP contribution is 2.31. The second-order valence-electron chi connectivity index (χ2n) is 6.17. The molecule has 24 heavy (non-hydrogen) atoms. The minimum Gasteiger partial charge on any atom is -0.322 e. The molecule has 0 unspecified atom stereocenters. The van der Waals surface area contributed by atoms with E-state index in [9.17, 15) is 9.59 Å². The molecule has 0 heterocycles. The predicted molar refractivity (Wildman–Crippen MR) is 96.9 cm³/mol. The summed E-state index contributed by atoms with van der Waals surface area (Å²) in [6.45, 7) is 6.04. The number of Topliss-reactive ketones (excluding diaryl/α,β-unsaturated/α-hetero) is 1. The maximum atomic E-state index is 13.1. The van der Waals surface area contributed by atoms with Gasteiger partial charge in [-0.3, -0.25) is 9.59 Å². The van der Waals surface area contributed by atoms with E-state index in [4.69, 9.17) is 0 Å². The quantitative estimate of drug-likeness (QED) is 0.756. The first-order valence-corrected chi connectivity index (χ1v) is 8.45. The van der Waals surface area contributed by atoms with Crippen LogP contribution in [0, 0.1) is 0 Å². The number of carbonyl (C=O) groups excluding carboxylic acids is 2. The molecule has 3 nitrogen and oxygen atoms in total. The summed E-state index contributed by atoms with van der Waals surface area (Å²) in [7, 11) is 0. The van der Waals surface area contributed by atoms with E-state index in [1.807, 2.05) is 55.5 Å². The average molecular weight is 323 g/mol. The Morgan fingerprint density at radius 3 is 2.00 bits per heavy atom. The molecular weight excluding hydrogens is 298 g/mol. The van der Waals surface area contributed by atoms with E-state index in [0.717, 1.165) is 18.4 Å². The lowest BCUT2D eigenvalue weighted by Gasteiger charge is -2.40. The highest BCUT2D eigenvalue weighted by molar-refractivity contribution is 5.99. The molecule has 2 aromatic rings. The number of hydrogen-bond acceptors (Lipinski definition) is 2. The van der Waals surface area contributed by atoms with Crippen molar-refractivity contribution >= 4 is 11.7 Å². The average Bonchev–Trinajstić information content (AvgIpc) is 2.62. The van der Waals surface area contributed by atoms with Crippen LogP contribution in [0.2, 0.25) is 0 Å². The summed E-state index contributed by atoms with van der Waals surface area (Å²) >= 11 is 0. The van der Waals surface area contributed by atoms with Crippen LogP contribution >= 0.6 is 0 Å². The van der Waals surface area contributed by atoms with Gasteiger partial charge in [0.15, 0.2) is 5.78 Å². The molecular formula is C21H25NO2. The van der Waals surface area contributed by atoms with E-state index in [1.165, 1.54) is 0 Å². The van der Waals surface area contributed by atoms with Gasteiger partial charge < -0.3 is 4.90 Å². The molecule has 2 aromatic carbocycles. The van der Waals surface area contributed by atoms with Crippen molar-refractivity contribution in [2.45, 2.75) is 39.2 Å². The van der Waals surface area contributed by atoms with Crippen LogP contribution in [-0.2, 0) is 10.3 Å². The first kappa shape index (κ1) is 17.9. The van der Waals surface area contributed by atoms with Gasteiger partial charge in [-0.1, -0.05) is 61.9 Å². The van der Waals surface area contributed by atoms with Crippen LogP contribution in [0.15, 0.2) is 60.7 Å². The number of benzene rings is 2. The molecule has 0 aromatic heterocycles. The lowest BCUT2D eigenvalue weighted by Crippen LogP contribution is -2.52. The normalized spacial score (nSPS) is 13.1. The third-order valence-corrected chi connectivity index (χ3v) is 4.56. The Bertz CT molecular complexity index is 681. The van der Waals surface area contributed by atoms with Gasteiger partial charge in [0.2, 0.25) is 0 Å². The second-order valence-corrected chi connectivity index (χ2v) is 6.17. The van der Waals surface area contributed by atoms with Crippen molar-refractivity contribution in [1.29, 1.82) is 0 Å². The SMILES string of the molecule is CCCCN(C(=O)c1ccccc1)[C@@](C)(C(C)=O)c1ccccc1. The molecule has 0 aliphatic carbocycles. The topological polar surface area (TPSA) is 37.4 Å². The fourth-order valence-electron chi connectivity index (χ4n) is 2.89. The van der Waals surface area contributed by atoms with Gasteiger partial charge in [-0.15, -0.1) is 0 Å². The predicted octanol–water partition coefficient (Wildman–Crippen LogP) is 4.43. The zero-order valence-corrected chi connectivity index (χ0v) is 14.7. The smallest absolute Gasteiger partial charge is 0.254 e. The summed E-state index contributed by atoms with van der Waals surface area (Å²) in [6, 6.07) is 18.7. The molecule has 0 saturated carbocycles. The first-order valence-electron chi connectivity index (χ1n) is 8.45. The van der Waals surface area contributed by atoms with Gasteiger partial charge in [0.1, 0.15) is 5.54 Å². The number of amides is 1. The minimum absolute atomic E-state index is 0.0333. The van der Waals surface area contributed by atoms with E-state index in [-0.39, 0.29) is 11.7 Å². The van der Waals surface area contributed by atoms with E-state index >= 15 is 0 Å². The number of hydrogen-bond donors (Lipinski definition) is 0. The van der Waals surface area contributed by atoms with Gasteiger partial charge >= 0.3 is 0 Å². The van der Waals surface area contributed by atoms with Gasteiger partial charge in [-0.05, 0) is 38.0 Å². The summed E-state index contributed by atoms with van der Waals surface area (Å²) in [6.07, 6.45) is 1.82. The van der Waals surface area contributed by atoms with Crippen LogP contribution in [0.5, 0.6) is 0 Å². The Morgan fingerprint density at radius 2 is 1.50 bits per heavy atom. The number of ketones is 1. The van der Waals surface area contributed by atoms with Crippen LogP contribution in [0.4, 0.5) is 0 Å². The maximum absolute atomic E-state index is 13.1. The van der Waals surface area contributed by atoms with Gasteiger partial charge in [0.05, 0.1) is 0 Å². The van der Waals surface area contributed by atoms with Crippen molar-refractivity contribution in [3.05, 3.63) is 71.8 Å². The van der Waals surface area contributed by atoms with E-state index in [2.05, 4.69) is 6.92 Å². The zero-order valence-electron chi connectivity index (χ0n) is 14.7. The van der Waals surface area contributed by atoms with Crippen molar-refractivity contribution in [1.82, 2.24) is 4.90 Å². The summed E-state index contributed by atoms with van der Waals surface area (Å²) in [5, 5.41) is 0. The highest BCUT2D eigenvalue weighted by Gasteiger charge is 2.41. The third kappa shape index (κ3) is 3.56. The van der Waals surface area contributed by atoms with Crippen LogP contribution in [-0.4, -0.2) is 23.1 Å². The van der Waals surface area contributed by atoms with E-state index in [1.54, 1.807) is 24.0 Å². The summed E-state index contributed by atoms with van der Waals surface area (Å²) in [4.78, 5) is 27.5. The van der Waals surface area contributed by atoms with Crippen LogP contribution in [0.1, 0.15) is 49.5 Å². The zero-order chi connectivity index (χ0) is 17.6. The van der Waals surface area contributed by atoms with Crippen molar-refractivity contribution in [2.24, 2.45) is 0 Å². The molecule has 0 saturated heterocycles. The van der Waals surface area contributed by atoms with Crippen LogP contribution in [0.25, 0.3) is 0 Å². The Kier molecular flexibility index (Phi) is 5.91. The maximum Gasteiger partial charge on any atom is 0.254 e. The van der Waals surface area contributed by atoms with Crippen LogP contribution in [0.3, 0.4) is 0 Å². The number of carbonyl (C=O) groups is 2. The van der Waals surface area contributed by atoms with E-state index < -0.39 is 5.54 Å².